The standard InChI is InChI=1S/C11H15BrClN3/c12-9-5-10(13)11(16-7-9)15-6-8-1-3-14-4-2-8/h5,7-8,14H,1-4,6H2,(H,15,16). The number of anilines is 1. The van der Waals surface area contributed by atoms with Crippen LogP contribution in [-0.2, 0) is 0 Å². The van der Waals surface area contributed by atoms with E-state index in [1.807, 2.05) is 6.07 Å². The van der Waals surface area contributed by atoms with Crippen LogP contribution < -0.4 is 10.6 Å². The van der Waals surface area contributed by atoms with Crippen molar-refractivity contribution < 1.29 is 0 Å². The summed E-state index contributed by atoms with van der Waals surface area (Å²) in [4.78, 5) is 4.26. The van der Waals surface area contributed by atoms with E-state index < -0.39 is 0 Å². The number of rotatable bonds is 3. The van der Waals surface area contributed by atoms with E-state index in [0.717, 1.165) is 35.8 Å². The number of pyridine rings is 1. The Morgan fingerprint density at radius 1 is 1.50 bits per heavy atom. The molecule has 3 nitrogen and oxygen atoms in total. The summed E-state index contributed by atoms with van der Waals surface area (Å²) in [5, 5.41) is 7.34. The molecular weight excluding hydrogens is 289 g/mol. The van der Waals surface area contributed by atoms with Crippen LogP contribution in [-0.4, -0.2) is 24.6 Å². The number of nitrogens with zero attached hydrogens (tertiary/aromatic N) is 1. The lowest BCUT2D eigenvalue weighted by molar-refractivity contribution is 0.389. The van der Waals surface area contributed by atoms with Crippen LogP contribution in [0.3, 0.4) is 0 Å². The summed E-state index contributed by atoms with van der Waals surface area (Å²) < 4.78 is 0.907. The molecule has 2 heterocycles. The summed E-state index contributed by atoms with van der Waals surface area (Å²) in [6.07, 6.45) is 4.21. The minimum absolute atomic E-state index is 0.670. The molecule has 0 saturated carbocycles. The van der Waals surface area contributed by atoms with Crippen molar-refractivity contribution in [3.63, 3.8) is 0 Å². The van der Waals surface area contributed by atoms with E-state index >= 15 is 0 Å². The van der Waals surface area contributed by atoms with Crippen molar-refractivity contribution in [3.8, 4) is 0 Å². The monoisotopic (exact) mass is 303 g/mol. The molecule has 1 aromatic heterocycles. The maximum absolute atomic E-state index is 6.08. The van der Waals surface area contributed by atoms with Crippen LogP contribution in [0.4, 0.5) is 5.82 Å². The Hall–Kier alpha value is -0.320. The number of piperidine rings is 1. The smallest absolute Gasteiger partial charge is 0.144 e. The maximum Gasteiger partial charge on any atom is 0.144 e. The first kappa shape index (κ1) is 12.1. The molecule has 1 aliphatic heterocycles. The highest BCUT2D eigenvalue weighted by Gasteiger charge is 2.13. The highest BCUT2D eigenvalue weighted by molar-refractivity contribution is 9.10. The second kappa shape index (κ2) is 5.84. The molecule has 0 atom stereocenters. The zero-order valence-electron chi connectivity index (χ0n) is 8.97. The van der Waals surface area contributed by atoms with Gasteiger partial charge in [0.05, 0.1) is 5.02 Å². The van der Waals surface area contributed by atoms with Gasteiger partial charge in [-0.05, 0) is 53.8 Å². The lowest BCUT2D eigenvalue weighted by atomic mass is 9.98. The van der Waals surface area contributed by atoms with E-state index in [4.69, 9.17) is 11.6 Å². The van der Waals surface area contributed by atoms with Gasteiger partial charge < -0.3 is 10.6 Å². The van der Waals surface area contributed by atoms with Crippen molar-refractivity contribution in [2.45, 2.75) is 12.8 Å². The fourth-order valence-corrected chi connectivity index (χ4v) is 2.57. The predicted molar refractivity (Wildman–Crippen MR) is 71.0 cm³/mol. The Labute approximate surface area is 109 Å². The van der Waals surface area contributed by atoms with Gasteiger partial charge >= 0.3 is 0 Å². The summed E-state index contributed by atoms with van der Waals surface area (Å²) in [5.74, 6) is 1.51. The van der Waals surface area contributed by atoms with Crippen molar-refractivity contribution in [1.82, 2.24) is 10.3 Å². The lowest BCUT2D eigenvalue weighted by Gasteiger charge is -2.23. The molecule has 1 saturated heterocycles. The molecular formula is C11H15BrClN3. The van der Waals surface area contributed by atoms with Gasteiger partial charge in [-0.2, -0.15) is 0 Å². The number of halogens is 2. The molecule has 0 aliphatic carbocycles. The molecule has 0 unspecified atom stereocenters. The van der Waals surface area contributed by atoms with Crippen LogP contribution >= 0.6 is 27.5 Å². The summed E-state index contributed by atoms with van der Waals surface area (Å²) in [6.45, 7) is 3.19. The number of hydrogen-bond donors (Lipinski definition) is 2. The zero-order chi connectivity index (χ0) is 11.4. The predicted octanol–water partition coefficient (Wildman–Crippen LogP) is 2.91. The van der Waals surface area contributed by atoms with Gasteiger partial charge in [0, 0.05) is 17.2 Å². The summed E-state index contributed by atoms with van der Waals surface area (Å²) in [5.41, 5.74) is 0. The van der Waals surface area contributed by atoms with E-state index in [1.165, 1.54) is 12.8 Å². The van der Waals surface area contributed by atoms with Gasteiger partial charge in [0.2, 0.25) is 0 Å². The van der Waals surface area contributed by atoms with E-state index in [9.17, 15) is 0 Å². The molecule has 1 aromatic rings. The van der Waals surface area contributed by atoms with Crippen LogP contribution in [0, 0.1) is 5.92 Å². The highest BCUT2D eigenvalue weighted by Crippen LogP contribution is 2.23. The minimum atomic E-state index is 0.670. The van der Waals surface area contributed by atoms with Gasteiger partial charge in [-0.15, -0.1) is 0 Å². The molecule has 5 heteroatoms. The number of hydrogen-bond acceptors (Lipinski definition) is 3. The second-order valence-electron chi connectivity index (χ2n) is 4.06. The van der Waals surface area contributed by atoms with Crippen molar-refractivity contribution in [2.75, 3.05) is 25.0 Å². The largest absolute Gasteiger partial charge is 0.369 e. The Morgan fingerprint density at radius 3 is 2.94 bits per heavy atom. The molecule has 0 aromatic carbocycles. The Kier molecular flexibility index (Phi) is 4.44. The van der Waals surface area contributed by atoms with Crippen LogP contribution in [0.15, 0.2) is 16.7 Å². The summed E-state index contributed by atoms with van der Waals surface area (Å²) in [7, 11) is 0. The molecule has 1 fully saturated rings. The number of aromatic nitrogens is 1. The highest BCUT2D eigenvalue weighted by atomic mass is 79.9. The Morgan fingerprint density at radius 2 is 2.25 bits per heavy atom. The van der Waals surface area contributed by atoms with Crippen molar-refractivity contribution in [3.05, 3.63) is 21.8 Å². The zero-order valence-corrected chi connectivity index (χ0v) is 11.3. The summed E-state index contributed by atoms with van der Waals surface area (Å²) in [6, 6.07) is 1.86. The van der Waals surface area contributed by atoms with Gasteiger partial charge in [0.1, 0.15) is 5.82 Å². The van der Waals surface area contributed by atoms with E-state index in [1.54, 1.807) is 6.20 Å². The molecule has 88 valence electrons. The van der Waals surface area contributed by atoms with Crippen LogP contribution in [0.5, 0.6) is 0 Å². The first-order valence-corrected chi connectivity index (χ1v) is 6.68. The van der Waals surface area contributed by atoms with Crippen molar-refractivity contribution in [1.29, 1.82) is 0 Å². The molecule has 1 aliphatic rings. The Balaban J connectivity index is 1.88. The molecule has 0 amide bonds. The average Bonchev–Trinajstić information content (AvgIpc) is 2.29. The molecule has 2 rings (SSSR count). The van der Waals surface area contributed by atoms with Crippen LogP contribution in [0.25, 0.3) is 0 Å². The van der Waals surface area contributed by atoms with E-state index in [0.29, 0.717) is 5.02 Å². The third-order valence-electron chi connectivity index (χ3n) is 2.82. The van der Waals surface area contributed by atoms with Gasteiger partial charge in [-0.1, -0.05) is 11.6 Å². The van der Waals surface area contributed by atoms with E-state index in [-0.39, 0.29) is 0 Å². The fourth-order valence-electron chi connectivity index (χ4n) is 1.87. The summed E-state index contributed by atoms with van der Waals surface area (Å²) >= 11 is 9.42. The fraction of sp³-hybridized carbons (Fsp3) is 0.545. The lowest BCUT2D eigenvalue weighted by Crippen LogP contribution is -2.31. The first-order chi connectivity index (χ1) is 7.75. The third kappa shape index (κ3) is 3.34. The number of nitrogens with one attached hydrogen (secondary N) is 2. The van der Waals surface area contributed by atoms with Gasteiger partial charge in [0.25, 0.3) is 0 Å². The van der Waals surface area contributed by atoms with Gasteiger partial charge in [-0.25, -0.2) is 4.98 Å². The van der Waals surface area contributed by atoms with E-state index in [2.05, 4.69) is 31.5 Å². The van der Waals surface area contributed by atoms with Crippen molar-refractivity contribution in [2.24, 2.45) is 5.92 Å². The minimum Gasteiger partial charge on any atom is -0.369 e. The molecule has 0 bridgehead atoms. The van der Waals surface area contributed by atoms with Crippen molar-refractivity contribution >= 4 is 33.3 Å². The SMILES string of the molecule is Clc1cc(Br)cnc1NCC1CCNCC1. The second-order valence-corrected chi connectivity index (χ2v) is 5.38. The normalized spacial score (nSPS) is 17.4. The first-order valence-electron chi connectivity index (χ1n) is 5.51. The average molecular weight is 305 g/mol. The quantitative estimate of drug-likeness (QED) is 0.901. The third-order valence-corrected chi connectivity index (χ3v) is 3.55. The van der Waals surface area contributed by atoms with Gasteiger partial charge in [0.15, 0.2) is 0 Å². The van der Waals surface area contributed by atoms with Crippen LogP contribution in [0.1, 0.15) is 12.8 Å². The molecule has 16 heavy (non-hydrogen) atoms. The molecule has 0 spiro atoms. The molecule has 0 radical (unpaired) electrons. The van der Waals surface area contributed by atoms with Gasteiger partial charge in [-0.3, -0.25) is 0 Å². The Bertz CT molecular complexity index is 353. The van der Waals surface area contributed by atoms with Crippen LogP contribution in [0.2, 0.25) is 5.02 Å². The molecule has 2 N–H and O–H groups in total. The topological polar surface area (TPSA) is 37.0 Å². The maximum atomic E-state index is 6.08.